The van der Waals surface area contributed by atoms with Crippen molar-refractivity contribution in [3.05, 3.63) is 121 Å². The molecule has 3 nitrogen and oxygen atoms in total. The van der Waals surface area contributed by atoms with E-state index in [1.807, 2.05) is 31.2 Å². The van der Waals surface area contributed by atoms with Gasteiger partial charge in [-0.15, -0.1) is 0 Å². The SMILES string of the molecule is CCc1cc(Cc2cc(Cc3ccc(O)c(Cc4cc(O)c(C)cc4CC)c3)cc(C)c2C)c(O)cc1C. The lowest BCUT2D eigenvalue weighted by atomic mass is 9.90. The Kier molecular flexibility index (Phi) is 8.16. The molecular formula is C35H40O3. The molecule has 0 saturated carbocycles. The molecule has 0 aliphatic carbocycles. The number of phenols is 3. The van der Waals surface area contributed by atoms with Crippen LogP contribution in [0.25, 0.3) is 0 Å². The molecule has 4 aromatic rings. The lowest BCUT2D eigenvalue weighted by Gasteiger charge is -2.16. The maximum Gasteiger partial charge on any atom is 0.119 e. The molecule has 0 aromatic heterocycles. The number of aryl methyl sites for hydroxylation is 5. The van der Waals surface area contributed by atoms with Crippen molar-refractivity contribution >= 4 is 0 Å². The van der Waals surface area contributed by atoms with Crippen LogP contribution in [-0.2, 0) is 32.1 Å². The van der Waals surface area contributed by atoms with Crippen molar-refractivity contribution in [1.82, 2.24) is 0 Å². The van der Waals surface area contributed by atoms with E-state index in [2.05, 4.69) is 58.9 Å². The second-order valence-electron chi connectivity index (χ2n) is 10.7. The molecule has 0 unspecified atom stereocenters. The highest BCUT2D eigenvalue weighted by atomic mass is 16.3. The van der Waals surface area contributed by atoms with Gasteiger partial charge in [0, 0.05) is 12.8 Å². The first-order chi connectivity index (χ1) is 18.1. The van der Waals surface area contributed by atoms with Crippen LogP contribution in [0.1, 0.15) is 80.6 Å². The number of aromatic hydroxyl groups is 3. The molecule has 0 amide bonds. The second kappa shape index (κ2) is 11.3. The molecule has 3 heteroatoms. The summed E-state index contributed by atoms with van der Waals surface area (Å²) in [5.74, 6) is 0.929. The first-order valence-electron chi connectivity index (χ1n) is 13.6. The van der Waals surface area contributed by atoms with E-state index in [1.54, 1.807) is 6.07 Å². The average molecular weight is 509 g/mol. The summed E-state index contributed by atoms with van der Waals surface area (Å²) in [4.78, 5) is 0. The van der Waals surface area contributed by atoms with Gasteiger partial charge in [-0.1, -0.05) is 50.2 Å². The van der Waals surface area contributed by atoms with Crippen molar-refractivity contribution in [2.45, 2.75) is 73.6 Å². The van der Waals surface area contributed by atoms with E-state index < -0.39 is 0 Å². The minimum Gasteiger partial charge on any atom is -0.508 e. The largest absolute Gasteiger partial charge is 0.508 e. The molecule has 0 spiro atoms. The summed E-state index contributed by atoms with van der Waals surface area (Å²) in [5, 5.41) is 31.6. The number of hydrogen-bond acceptors (Lipinski definition) is 3. The quantitative estimate of drug-likeness (QED) is 0.226. The Hall–Kier alpha value is -3.72. The highest BCUT2D eigenvalue weighted by Gasteiger charge is 2.13. The van der Waals surface area contributed by atoms with E-state index in [9.17, 15) is 15.3 Å². The van der Waals surface area contributed by atoms with E-state index in [0.29, 0.717) is 24.3 Å². The molecule has 0 bridgehead atoms. The summed E-state index contributed by atoms with van der Waals surface area (Å²) in [6.07, 6.45) is 3.83. The highest BCUT2D eigenvalue weighted by molar-refractivity contribution is 5.49. The Morgan fingerprint density at radius 2 is 1.11 bits per heavy atom. The average Bonchev–Trinajstić information content (AvgIpc) is 2.87. The van der Waals surface area contributed by atoms with Gasteiger partial charge in [0.05, 0.1) is 0 Å². The summed E-state index contributed by atoms with van der Waals surface area (Å²) in [6.45, 7) is 12.5. The molecule has 0 aliphatic heterocycles. The van der Waals surface area contributed by atoms with Gasteiger partial charge in [0.2, 0.25) is 0 Å². The summed E-state index contributed by atoms with van der Waals surface area (Å²) in [6, 6.07) is 18.3. The zero-order valence-corrected chi connectivity index (χ0v) is 23.6. The van der Waals surface area contributed by atoms with Gasteiger partial charge in [-0.2, -0.15) is 0 Å². The van der Waals surface area contributed by atoms with Gasteiger partial charge in [0.1, 0.15) is 17.2 Å². The van der Waals surface area contributed by atoms with Gasteiger partial charge in [0.15, 0.2) is 0 Å². The summed E-state index contributed by atoms with van der Waals surface area (Å²) in [5.41, 5.74) is 13.4. The summed E-state index contributed by atoms with van der Waals surface area (Å²) < 4.78 is 0. The Labute approximate surface area is 227 Å². The molecule has 0 aliphatic rings. The lowest BCUT2D eigenvalue weighted by molar-refractivity contribution is 0.466. The minimum absolute atomic E-state index is 0.276. The number of phenolic OH excluding ortho intramolecular Hbond substituents is 3. The van der Waals surface area contributed by atoms with Crippen LogP contribution in [0.2, 0.25) is 0 Å². The molecule has 38 heavy (non-hydrogen) atoms. The maximum atomic E-state index is 10.6. The summed E-state index contributed by atoms with van der Waals surface area (Å²) in [7, 11) is 0. The molecular weight excluding hydrogens is 468 g/mol. The van der Waals surface area contributed by atoms with Crippen LogP contribution in [0.5, 0.6) is 17.2 Å². The van der Waals surface area contributed by atoms with Crippen molar-refractivity contribution in [3.63, 3.8) is 0 Å². The van der Waals surface area contributed by atoms with Crippen LogP contribution in [0, 0.1) is 27.7 Å². The zero-order chi connectivity index (χ0) is 27.6. The predicted octanol–water partition coefficient (Wildman–Crippen LogP) is 7.93. The Morgan fingerprint density at radius 1 is 0.447 bits per heavy atom. The van der Waals surface area contributed by atoms with E-state index in [1.165, 1.54) is 33.4 Å². The first kappa shape index (κ1) is 27.3. The van der Waals surface area contributed by atoms with Gasteiger partial charge < -0.3 is 15.3 Å². The van der Waals surface area contributed by atoms with E-state index in [0.717, 1.165) is 52.6 Å². The Morgan fingerprint density at radius 3 is 1.82 bits per heavy atom. The smallest absolute Gasteiger partial charge is 0.119 e. The standard InChI is InChI=1S/C35H40O3/c1-7-27-17-32(35(38)13-22(27)4)18-29-16-26(11-21(3)24(29)6)14-25-9-10-33(36)31(15-25)19-30-20-34(37)23(5)12-28(30)8-2/h9-13,15-17,20,36-38H,7-8,14,18-19H2,1-6H3. The molecule has 0 atom stereocenters. The highest BCUT2D eigenvalue weighted by Crippen LogP contribution is 2.31. The Bertz CT molecular complexity index is 1480. The Balaban J connectivity index is 1.63. The van der Waals surface area contributed by atoms with Crippen molar-refractivity contribution in [2.24, 2.45) is 0 Å². The van der Waals surface area contributed by atoms with Gasteiger partial charge >= 0.3 is 0 Å². The van der Waals surface area contributed by atoms with Crippen LogP contribution >= 0.6 is 0 Å². The van der Waals surface area contributed by atoms with Crippen LogP contribution in [0.4, 0.5) is 0 Å². The fraction of sp³-hybridized carbons (Fsp3) is 0.314. The van der Waals surface area contributed by atoms with Crippen molar-refractivity contribution in [1.29, 1.82) is 0 Å². The first-order valence-corrected chi connectivity index (χ1v) is 13.6. The molecule has 0 radical (unpaired) electrons. The number of benzene rings is 4. The third kappa shape index (κ3) is 5.88. The molecule has 0 saturated heterocycles. The normalized spacial score (nSPS) is 11.2. The minimum atomic E-state index is 0.276. The molecule has 4 rings (SSSR count). The number of hydrogen-bond donors (Lipinski definition) is 3. The molecule has 0 fully saturated rings. The molecule has 0 heterocycles. The summed E-state index contributed by atoms with van der Waals surface area (Å²) >= 11 is 0. The zero-order valence-electron chi connectivity index (χ0n) is 23.6. The van der Waals surface area contributed by atoms with Crippen molar-refractivity contribution < 1.29 is 15.3 Å². The number of rotatable bonds is 8. The van der Waals surface area contributed by atoms with E-state index in [-0.39, 0.29) is 5.75 Å². The van der Waals surface area contributed by atoms with Crippen LogP contribution < -0.4 is 0 Å². The lowest BCUT2D eigenvalue weighted by Crippen LogP contribution is -2.01. The van der Waals surface area contributed by atoms with Gasteiger partial charge in [-0.05, 0) is 132 Å². The monoisotopic (exact) mass is 508 g/mol. The van der Waals surface area contributed by atoms with E-state index in [4.69, 9.17) is 0 Å². The fourth-order valence-electron chi connectivity index (χ4n) is 5.44. The van der Waals surface area contributed by atoms with Gasteiger partial charge in [-0.3, -0.25) is 0 Å². The molecule has 4 aromatic carbocycles. The topological polar surface area (TPSA) is 60.7 Å². The fourth-order valence-corrected chi connectivity index (χ4v) is 5.44. The predicted molar refractivity (Wildman–Crippen MR) is 157 cm³/mol. The van der Waals surface area contributed by atoms with Crippen LogP contribution in [-0.4, -0.2) is 15.3 Å². The van der Waals surface area contributed by atoms with Crippen molar-refractivity contribution in [2.75, 3.05) is 0 Å². The van der Waals surface area contributed by atoms with Gasteiger partial charge in [-0.25, -0.2) is 0 Å². The van der Waals surface area contributed by atoms with E-state index >= 15 is 0 Å². The third-order valence-electron chi connectivity index (χ3n) is 7.97. The van der Waals surface area contributed by atoms with Crippen LogP contribution in [0.15, 0.2) is 54.6 Å². The maximum absolute atomic E-state index is 10.6. The van der Waals surface area contributed by atoms with Gasteiger partial charge in [0.25, 0.3) is 0 Å². The molecule has 198 valence electrons. The third-order valence-corrected chi connectivity index (χ3v) is 7.97. The van der Waals surface area contributed by atoms with Crippen LogP contribution in [0.3, 0.4) is 0 Å². The van der Waals surface area contributed by atoms with Crippen molar-refractivity contribution in [3.8, 4) is 17.2 Å². The molecule has 3 N–H and O–H groups in total. The second-order valence-corrected chi connectivity index (χ2v) is 10.7.